The molecule has 0 saturated carbocycles. The van der Waals surface area contributed by atoms with Crippen molar-refractivity contribution in [3.05, 3.63) is 54.6 Å². The number of aromatic hydroxyl groups is 1. The van der Waals surface area contributed by atoms with Crippen LogP contribution in [0.1, 0.15) is 25.0 Å². The molecule has 0 aliphatic rings. The molecule has 1 aromatic rings. The van der Waals surface area contributed by atoms with Crippen molar-refractivity contribution in [3.8, 4) is 5.75 Å². The third kappa shape index (κ3) is 2.43. The molecule has 0 bridgehead atoms. The van der Waals surface area contributed by atoms with Crippen molar-refractivity contribution in [3.63, 3.8) is 0 Å². The maximum absolute atomic E-state index is 9.77. The molecule has 84 valence electrons. The highest BCUT2D eigenvalue weighted by atomic mass is 16.3. The Kier molecular flexibility index (Phi) is 4.12. The van der Waals surface area contributed by atoms with Gasteiger partial charge in [-0.05, 0) is 23.1 Å². The molecule has 0 unspecified atom stereocenters. The van der Waals surface area contributed by atoms with E-state index in [1.165, 1.54) is 0 Å². The molecule has 1 aromatic carbocycles. The van der Waals surface area contributed by atoms with Gasteiger partial charge in [0, 0.05) is 5.56 Å². The monoisotopic (exact) mass is 214 g/mol. The molecule has 16 heavy (non-hydrogen) atoms. The Bertz CT molecular complexity index is 425. The third-order valence-corrected chi connectivity index (χ3v) is 2.52. The van der Waals surface area contributed by atoms with E-state index in [2.05, 4.69) is 27.0 Å². The maximum atomic E-state index is 9.77. The topological polar surface area (TPSA) is 20.2 Å². The smallest absolute Gasteiger partial charge is 0.123 e. The molecule has 1 nitrogen and oxygen atoms in total. The molecular weight excluding hydrogens is 196 g/mol. The van der Waals surface area contributed by atoms with Gasteiger partial charge in [-0.25, -0.2) is 0 Å². The van der Waals surface area contributed by atoms with Gasteiger partial charge in [-0.15, -0.1) is 0 Å². The lowest BCUT2D eigenvalue weighted by Gasteiger charge is -2.15. The second-order valence-corrected chi connectivity index (χ2v) is 3.95. The van der Waals surface area contributed by atoms with Crippen LogP contribution in [0, 0.1) is 5.92 Å². The van der Waals surface area contributed by atoms with Crippen LogP contribution in [0.15, 0.2) is 43.5 Å². The maximum Gasteiger partial charge on any atom is 0.123 e. The van der Waals surface area contributed by atoms with E-state index in [-0.39, 0.29) is 5.75 Å². The normalized spacial score (nSPS) is 11.6. The number of allylic oxidation sites excluding steroid dienone is 3. The average molecular weight is 214 g/mol. The predicted molar refractivity (Wildman–Crippen MR) is 71.2 cm³/mol. The van der Waals surface area contributed by atoms with Gasteiger partial charge in [-0.3, -0.25) is 0 Å². The third-order valence-electron chi connectivity index (χ3n) is 2.52. The van der Waals surface area contributed by atoms with Gasteiger partial charge in [0.2, 0.25) is 0 Å². The van der Waals surface area contributed by atoms with Crippen molar-refractivity contribution >= 4 is 11.6 Å². The first kappa shape index (κ1) is 12.3. The van der Waals surface area contributed by atoms with Crippen LogP contribution in [0.25, 0.3) is 11.6 Å². The predicted octanol–water partition coefficient (Wildman–Crippen LogP) is 4.26. The molecule has 0 heterocycles. The van der Waals surface area contributed by atoms with Crippen molar-refractivity contribution < 1.29 is 5.11 Å². The summed E-state index contributed by atoms with van der Waals surface area (Å²) >= 11 is 0. The fourth-order valence-electron chi connectivity index (χ4n) is 1.74. The Morgan fingerprint density at radius 1 is 1.31 bits per heavy atom. The van der Waals surface area contributed by atoms with Crippen LogP contribution in [0.2, 0.25) is 0 Å². The van der Waals surface area contributed by atoms with E-state index in [1.807, 2.05) is 18.2 Å². The molecule has 0 atom stereocenters. The lowest BCUT2D eigenvalue weighted by molar-refractivity contribution is 0.474. The van der Waals surface area contributed by atoms with Crippen LogP contribution < -0.4 is 0 Å². The molecule has 0 fully saturated rings. The second-order valence-electron chi connectivity index (χ2n) is 3.95. The van der Waals surface area contributed by atoms with E-state index in [0.29, 0.717) is 5.92 Å². The quantitative estimate of drug-likeness (QED) is 0.742. The number of hydrogen-bond acceptors (Lipinski definition) is 1. The summed E-state index contributed by atoms with van der Waals surface area (Å²) in [5, 5.41) is 9.77. The highest BCUT2D eigenvalue weighted by Gasteiger charge is 2.11. The molecule has 1 N–H and O–H groups in total. The number of phenolic OH excluding ortho intramolecular Hbond substituents is 1. The van der Waals surface area contributed by atoms with Gasteiger partial charge < -0.3 is 5.11 Å². The summed E-state index contributed by atoms with van der Waals surface area (Å²) in [5.41, 5.74) is 2.95. The van der Waals surface area contributed by atoms with Crippen molar-refractivity contribution in [2.24, 2.45) is 5.92 Å². The number of rotatable bonds is 4. The summed E-state index contributed by atoms with van der Waals surface area (Å²) in [7, 11) is 0. The number of benzene rings is 1. The zero-order chi connectivity index (χ0) is 12.1. The Hall–Kier alpha value is -1.76. The molecule has 0 aliphatic carbocycles. The van der Waals surface area contributed by atoms with Gasteiger partial charge in [0.15, 0.2) is 0 Å². The summed E-state index contributed by atoms with van der Waals surface area (Å²) in [6.07, 6.45) is 5.43. The molecule has 0 saturated heterocycles. The Labute approximate surface area is 97.4 Å². The number of hydrogen-bond donors (Lipinski definition) is 1. The van der Waals surface area contributed by atoms with E-state index in [9.17, 15) is 5.11 Å². The fourth-order valence-corrected chi connectivity index (χ4v) is 1.74. The van der Waals surface area contributed by atoms with Gasteiger partial charge in [-0.1, -0.05) is 57.4 Å². The SMILES string of the molecule is C=C/C=C(\c1cccc(O)c1C=C)C(C)C. The number of phenols is 1. The van der Waals surface area contributed by atoms with Gasteiger partial charge in [0.1, 0.15) is 5.75 Å². The summed E-state index contributed by atoms with van der Waals surface area (Å²) < 4.78 is 0. The standard InChI is InChI=1S/C15H18O/c1-5-8-13(11(3)4)14-9-7-10-15(16)12(14)6-2/h5-11,16H,1-2H2,3-4H3/b13-8-. The van der Waals surface area contributed by atoms with Crippen molar-refractivity contribution in [1.29, 1.82) is 0 Å². The van der Waals surface area contributed by atoms with Gasteiger partial charge >= 0.3 is 0 Å². The molecule has 0 aromatic heterocycles. The van der Waals surface area contributed by atoms with Gasteiger partial charge in [0.25, 0.3) is 0 Å². The minimum atomic E-state index is 0.267. The highest BCUT2D eigenvalue weighted by Crippen LogP contribution is 2.31. The fraction of sp³-hybridized carbons (Fsp3) is 0.200. The Morgan fingerprint density at radius 3 is 2.50 bits per heavy atom. The first-order valence-electron chi connectivity index (χ1n) is 5.39. The highest BCUT2D eigenvalue weighted by molar-refractivity contribution is 5.78. The van der Waals surface area contributed by atoms with Crippen molar-refractivity contribution in [2.45, 2.75) is 13.8 Å². The largest absolute Gasteiger partial charge is 0.507 e. The van der Waals surface area contributed by atoms with Crippen LogP contribution in [-0.4, -0.2) is 5.11 Å². The zero-order valence-electron chi connectivity index (χ0n) is 9.90. The molecule has 1 rings (SSSR count). The van der Waals surface area contributed by atoms with E-state index >= 15 is 0 Å². The molecule has 0 spiro atoms. The molecule has 0 radical (unpaired) electrons. The molecular formula is C15H18O. The van der Waals surface area contributed by atoms with E-state index in [0.717, 1.165) is 16.7 Å². The first-order valence-corrected chi connectivity index (χ1v) is 5.39. The van der Waals surface area contributed by atoms with E-state index in [4.69, 9.17) is 0 Å². The average Bonchev–Trinajstić information content (AvgIpc) is 2.25. The molecule has 1 heteroatoms. The minimum absolute atomic E-state index is 0.267. The summed E-state index contributed by atoms with van der Waals surface area (Å²) in [6.45, 7) is 11.7. The van der Waals surface area contributed by atoms with Crippen LogP contribution in [0.5, 0.6) is 5.75 Å². The zero-order valence-corrected chi connectivity index (χ0v) is 9.90. The van der Waals surface area contributed by atoms with Crippen molar-refractivity contribution in [1.82, 2.24) is 0 Å². The van der Waals surface area contributed by atoms with Crippen LogP contribution in [0.3, 0.4) is 0 Å². The Balaban J connectivity index is 3.41. The van der Waals surface area contributed by atoms with Crippen LogP contribution in [0.4, 0.5) is 0 Å². The first-order chi connectivity index (χ1) is 7.61. The van der Waals surface area contributed by atoms with Gasteiger partial charge in [0.05, 0.1) is 0 Å². The van der Waals surface area contributed by atoms with Crippen molar-refractivity contribution in [2.75, 3.05) is 0 Å². The van der Waals surface area contributed by atoms with Crippen LogP contribution in [-0.2, 0) is 0 Å². The van der Waals surface area contributed by atoms with E-state index < -0.39 is 0 Å². The van der Waals surface area contributed by atoms with E-state index in [1.54, 1.807) is 18.2 Å². The lowest BCUT2D eigenvalue weighted by Crippen LogP contribution is -1.96. The lowest BCUT2D eigenvalue weighted by atomic mass is 9.91. The summed E-state index contributed by atoms with van der Waals surface area (Å²) in [6, 6.07) is 5.51. The van der Waals surface area contributed by atoms with Gasteiger partial charge in [-0.2, -0.15) is 0 Å². The summed E-state index contributed by atoms with van der Waals surface area (Å²) in [5.74, 6) is 0.640. The molecule has 0 aliphatic heterocycles. The minimum Gasteiger partial charge on any atom is -0.507 e. The Morgan fingerprint density at radius 2 is 2.00 bits per heavy atom. The van der Waals surface area contributed by atoms with Crippen LogP contribution >= 0.6 is 0 Å². The second kappa shape index (κ2) is 5.36. The molecule has 0 amide bonds. The summed E-state index contributed by atoms with van der Waals surface area (Å²) in [4.78, 5) is 0.